The van der Waals surface area contributed by atoms with Crippen molar-refractivity contribution in [2.45, 2.75) is 25.4 Å². The zero-order chi connectivity index (χ0) is 15.8. The first kappa shape index (κ1) is 14.1. The number of aromatic nitrogens is 6. The van der Waals surface area contributed by atoms with Crippen LogP contribution in [-0.2, 0) is 13.6 Å². The van der Waals surface area contributed by atoms with Gasteiger partial charge in [0.05, 0.1) is 24.6 Å². The third-order valence-corrected chi connectivity index (χ3v) is 4.46. The Hall–Kier alpha value is -2.48. The minimum Gasteiger partial charge on any atom is -0.306 e. The number of rotatable bonds is 3. The monoisotopic (exact) mass is 313 g/mol. The van der Waals surface area contributed by atoms with E-state index in [0.29, 0.717) is 6.54 Å². The Labute approximate surface area is 132 Å². The number of tetrazole rings is 1. The molecule has 1 N–H and O–H groups in total. The molecule has 4 rings (SSSR count). The molecule has 0 unspecified atom stereocenters. The Morgan fingerprint density at radius 3 is 2.78 bits per heavy atom. The maximum atomic E-state index is 12.3. The second-order valence-electron chi connectivity index (χ2n) is 6.02. The summed E-state index contributed by atoms with van der Waals surface area (Å²) in [7, 11) is 1.77. The highest BCUT2D eigenvalue weighted by Gasteiger charge is 2.24. The molecule has 0 saturated carbocycles. The van der Waals surface area contributed by atoms with Crippen LogP contribution in [0.25, 0.3) is 11.0 Å². The lowest BCUT2D eigenvalue weighted by atomic mass is 10.0. The van der Waals surface area contributed by atoms with Crippen LogP contribution in [0.15, 0.2) is 29.1 Å². The van der Waals surface area contributed by atoms with Crippen molar-refractivity contribution in [3.05, 3.63) is 40.6 Å². The van der Waals surface area contributed by atoms with Crippen molar-refractivity contribution in [1.82, 2.24) is 34.7 Å². The minimum atomic E-state index is -0.0137. The molecule has 23 heavy (non-hydrogen) atoms. The fourth-order valence-corrected chi connectivity index (χ4v) is 3.36. The van der Waals surface area contributed by atoms with E-state index < -0.39 is 0 Å². The molecule has 0 bridgehead atoms. The smallest absolute Gasteiger partial charge is 0.306 e. The zero-order valence-corrected chi connectivity index (χ0v) is 13.0. The van der Waals surface area contributed by atoms with Crippen molar-refractivity contribution in [2.75, 3.05) is 13.1 Å². The number of nitrogens with one attached hydrogen (secondary N) is 1. The number of hydrogen-bond acceptors (Lipinski definition) is 5. The van der Waals surface area contributed by atoms with Crippen LogP contribution >= 0.6 is 0 Å². The van der Waals surface area contributed by atoms with E-state index in [0.717, 1.165) is 42.8 Å². The topological polar surface area (TPSA) is 84.6 Å². The van der Waals surface area contributed by atoms with Crippen LogP contribution in [0.5, 0.6) is 0 Å². The first-order valence-electron chi connectivity index (χ1n) is 7.85. The highest BCUT2D eigenvalue weighted by atomic mass is 16.1. The van der Waals surface area contributed by atoms with Crippen molar-refractivity contribution >= 4 is 11.0 Å². The number of hydrogen-bond donors (Lipinski definition) is 1. The average molecular weight is 313 g/mol. The Balaban J connectivity index is 1.48. The first-order chi connectivity index (χ1) is 11.2. The highest BCUT2D eigenvalue weighted by molar-refractivity contribution is 5.75. The molecule has 2 aromatic heterocycles. The molecule has 3 aromatic rings. The summed E-state index contributed by atoms with van der Waals surface area (Å²) in [6.45, 7) is 2.56. The summed E-state index contributed by atoms with van der Waals surface area (Å²) in [4.78, 5) is 19.0. The zero-order valence-electron chi connectivity index (χ0n) is 13.0. The van der Waals surface area contributed by atoms with E-state index >= 15 is 0 Å². The van der Waals surface area contributed by atoms with Crippen LogP contribution < -0.4 is 5.69 Å². The van der Waals surface area contributed by atoms with Gasteiger partial charge >= 0.3 is 5.69 Å². The number of para-hydroxylation sites is 2. The Bertz CT molecular complexity index is 869. The molecule has 1 aliphatic rings. The number of nitrogens with zero attached hydrogens (tertiary/aromatic N) is 6. The quantitative estimate of drug-likeness (QED) is 0.769. The summed E-state index contributed by atoms with van der Waals surface area (Å²) < 4.78 is 1.91. The number of fused-ring (bicyclic) bond motifs is 1. The second-order valence-corrected chi connectivity index (χ2v) is 6.02. The van der Waals surface area contributed by atoms with Crippen molar-refractivity contribution in [3.63, 3.8) is 0 Å². The van der Waals surface area contributed by atoms with Crippen molar-refractivity contribution in [1.29, 1.82) is 0 Å². The molecular formula is C15H19N7O. The molecule has 0 radical (unpaired) electrons. The van der Waals surface area contributed by atoms with Crippen LogP contribution in [0.3, 0.4) is 0 Å². The Morgan fingerprint density at radius 1 is 1.26 bits per heavy atom. The fraction of sp³-hybridized carbons (Fsp3) is 0.467. The van der Waals surface area contributed by atoms with Gasteiger partial charge in [-0.3, -0.25) is 9.47 Å². The lowest BCUT2D eigenvalue weighted by Crippen LogP contribution is -2.36. The van der Waals surface area contributed by atoms with Crippen LogP contribution in [0.4, 0.5) is 0 Å². The van der Waals surface area contributed by atoms with Gasteiger partial charge in [0.1, 0.15) is 0 Å². The number of piperidine rings is 1. The normalized spacial score (nSPS) is 17.1. The Kier molecular flexibility index (Phi) is 3.45. The van der Waals surface area contributed by atoms with Crippen molar-refractivity contribution in [2.24, 2.45) is 7.05 Å². The molecule has 120 valence electrons. The maximum Gasteiger partial charge on any atom is 0.326 e. The van der Waals surface area contributed by atoms with Gasteiger partial charge in [-0.15, -0.1) is 10.2 Å². The molecule has 1 aliphatic heterocycles. The van der Waals surface area contributed by atoms with E-state index in [-0.39, 0.29) is 11.7 Å². The molecule has 0 amide bonds. The highest BCUT2D eigenvalue weighted by Crippen LogP contribution is 2.25. The summed E-state index contributed by atoms with van der Waals surface area (Å²) in [5, 5.41) is 12.1. The number of benzene rings is 1. The van der Waals surface area contributed by atoms with Gasteiger partial charge in [0, 0.05) is 19.1 Å². The van der Waals surface area contributed by atoms with Gasteiger partial charge in [-0.05, 0) is 30.2 Å². The van der Waals surface area contributed by atoms with Gasteiger partial charge in [-0.1, -0.05) is 12.1 Å². The van der Waals surface area contributed by atoms with Crippen LogP contribution in [-0.4, -0.2) is 47.7 Å². The number of likely N-dealkylation sites (tertiary alicyclic amines) is 1. The third kappa shape index (κ3) is 2.65. The van der Waals surface area contributed by atoms with E-state index in [1.165, 1.54) is 4.80 Å². The minimum absolute atomic E-state index is 0.0137. The number of H-pyrrole nitrogens is 1. The summed E-state index contributed by atoms with van der Waals surface area (Å²) in [5.74, 6) is 0.746. The van der Waals surface area contributed by atoms with E-state index in [1.54, 1.807) is 7.05 Å². The SMILES string of the molecule is Cn1nnc(CN2CCC(n3c(=O)[nH]c4ccccc43)CC2)n1. The molecule has 1 saturated heterocycles. The molecule has 3 heterocycles. The van der Waals surface area contributed by atoms with Crippen molar-refractivity contribution < 1.29 is 0 Å². The van der Waals surface area contributed by atoms with Gasteiger partial charge in [0.25, 0.3) is 0 Å². The van der Waals surface area contributed by atoms with E-state index in [2.05, 4.69) is 25.3 Å². The predicted molar refractivity (Wildman–Crippen MR) is 84.9 cm³/mol. The summed E-state index contributed by atoms with van der Waals surface area (Å²) >= 11 is 0. The van der Waals surface area contributed by atoms with E-state index in [4.69, 9.17) is 0 Å². The van der Waals surface area contributed by atoms with Crippen LogP contribution in [0.1, 0.15) is 24.7 Å². The summed E-state index contributed by atoms with van der Waals surface area (Å²) in [5.41, 5.74) is 1.88. The fourth-order valence-electron chi connectivity index (χ4n) is 3.36. The maximum absolute atomic E-state index is 12.3. The summed E-state index contributed by atoms with van der Waals surface area (Å²) in [6.07, 6.45) is 1.89. The van der Waals surface area contributed by atoms with Gasteiger partial charge in [0.15, 0.2) is 5.82 Å². The molecule has 1 aromatic carbocycles. The largest absolute Gasteiger partial charge is 0.326 e. The standard InChI is InChI=1S/C15H19N7O/c1-20-18-14(17-19-20)10-21-8-6-11(7-9-21)22-13-5-3-2-4-12(13)16-15(22)23/h2-5,11H,6-10H2,1H3,(H,16,23). The van der Waals surface area contributed by atoms with Gasteiger partial charge in [-0.2, -0.15) is 4.80 Å². The van der Waals surface area contributed by atoms with E-state index in [9.17, 15) is 4.79 Å². The van der Waals surface area contributed by atoms with Gasteiger partial charge in [0.2, 0.25) is 0 Å². The average Bonchev–Trinajstić information content (AvgIpc) is 3.10. The summed E-state index contributed by atoms with van der Waals surface area (Å²) in [6, 6.07) is 8.11. The van der Waals surface area contributed by atoms with Gasteiger partial charge < -0.3 is 4.98 Å². The molecule has 0 spiro atoms. The lowest BCUT2D eigenvalue weighted by molar-refractivity contribution is 0.176. The first-order valence-corrected chi connectivity index (χ1v) is 7.85. The number of aryl methyl sites for hydroxylation is 1. The number of aromatic amines is 1. The molecule has 0 aliphatic carbocycles. The second kappa shape index (κ2) is 5.62. The molecule has 0 atom stereocenters. The lowest BCUT2D eigenvalue weighted by Gasteiger charge is -2.31. The Morgan fingerprint density at radius 2 is 2.04 bits per heavy atom. The van der Waals surface area contributed by atoms with Crippen LogP contribution in [0.2, 0.25) is 0 Å². The predicted octanol–water partition coefficient (Wildman–Crippen LogP) is 0.690. The third-order valence-electron chi connectivity index (χ3n) is 4.46. The number of imidazole rings is 1. The molecule has 8 heteroatoms. The molecule has 8 nitrogen and oxygen atoms in total. The van der Waals surface area contributed by atoms with Gasteiger partial charge in [-0.25, -0.2) is 4.79 Å². The molecule has 1 fully saturated rings. The van der Waals surface area contributed by atoms with E-state index in [1.807, 2.05) is 28.8 Å². The van der Waals surface area contributed by atoms with Crippen LogP contribution in [0, 0.1) is 0 Å². The molecular weight excluding hydrogens is 294 g/mol. The van der Waals surface area contributed by atoms with Crippen molar-refractivity contribution in [3.8, 4) is 0 Å².